The number of carbonyl (C=O) groups excluding carboxylic acids is 1. The SMILES string of the molecule is CCOC=C1N=C(c2ccccc2Cl)OC1=O. The van der Waals surface area contributed by atoms with Gasteiger partial charge in [0, 0.05) is 0 Å². The smallest absolute Gasteiger partial charge is 0.367 e. The maximum atomic E-state index is 11.4. The predicted octanol–water partition coefficient (Wildman–Crippen LogP) is 2.52. The number of benzene rings is 1. The molecule has 4 nitrogen and oxygen atoms in total. The second-order valence-electron chi connectivity index (χ2n) is 3.24. The molecule has 0 saturated carbocycles. The first-order valence-corrected chi connectivity index (χ1v) is 5.47. The van der Waals surface area contributed by atoms with E-state index in [1.165, 1.54) is 6.26 Å². The first-order chi connectivity index (χ1) is 8.22. The van der Waals surface area contributed by atoms with E-state index in [2.05, 4.69) is 4.99 Å². The van der Waals surface area contributed by atoms with Crippen LogP contribution < -0.4 is 0 Å². The molecule has 0 N–H and O–H groups in total. The number of esters is 1. The van der Waals surface area contributed by atoms with E-state index in [1.54, 1.807) is 24.3 Å². The maximum absolute atomic E-state index is 11.4. The summed E-state index contributed by atoms with van der Waals surface area (Å²) in [5.41, 5.74) is 0.726. The summed E-state index contributed by atoms with van der Waals surface area (Å²) in [4.78, 5) is 15.5. The summed E-state index contributed by atoms with van der Waals surface area (Å²) in [7, 11) is 0. The van der Waals surface area contributed by atoms with Gasteiger partial charge in [-0.1, -0.05) is 23.7 Å². The monoisotopic (exact) mass is 251 g/mol. The first-order valence-electron chi connectivity index (χ1n) is 5.10. The Morgan fingerprint density at radius 3 is 2.94 bits per heavy atom. The molecule has 5 heteroatoms. The van der Waals surface area contributed by atoms with Gasteiger partial charge in [-0.05, 0) is 19.1 Å². The van der Waals surface area contributed by atoms with E-state index >= 15 is 0 Å². The normalized spacial score (nSPS) is 16.9. The topological polar surface area (TPSA) is 47.9 Å². The minimum atomic E-state index is -0.534. The quantitative estimate of drug-likeness (QED) is 0.471. The number of ether oxygens (including phenoxy) is 2. The largest absolute Gasteiger partial charge is 0.499 e. The molecule has 0 amide bonds. The molecule has 0 aliphatic carbocycles. The van der Waals surface area contributed by atoms with Crippen LogP contribution in [0.2, 0.25) is 5.02 Å². The highest BCUT2D eigenvalue weighted by Crippen LogP contribution is 2.22. The second kappa shape index (κ2) is 5.01. The van der Waals surface area contributed by atoms with E-state index in [9.17, 15) is 4.79 Å². The number of rotatable bonds is 3. The predicted molar refractivity (Wildman–Crippen MR) is 63.8 cm³/mol. The van der Waals surface area contributed by atoms with Gasteiger partial charge in [0.1, 0.15) is 6.26 Å². The second-order valence-corrected chi connectivity index (χ2v) is 3.65. The highest BCUT2D eigenvalue weighted by atomic mass is 35.5. The summed E-state index contributed by atoms with van der Waals surface area (Å²) in [6.45, 7) is 2.28. The lowest BCUT2D eigenvalue weighted by molar-refractivity contribution is -0.130. The number of carbonyl (C=O) groups is 1. The van der Waals surface area contributed by atoms with Crippen LogP contribution in [0.15, 0.2) is 41.2 Å². The summed E-state index contributed by atoms with van der Waals surface area (Å²) in [5, 5.41) is 0.483. The Morgan fingerprint density at radius 2 is 2.24 bits per heavy atom. The van der Waals surface area contributed by atoms with Crippen molar-refractivity contribution >= 4 is 23.5 Å². The van der Waals surface area contributed by atoms with Crippen molar-refractivity contribution in [1.29, 1.82) is 0 Å². The summed E-state index contributed by atoms with van der Waals surface area (Å²) in [5.74, 6) is -0.333. The minimum Gasteiger partial charge on any atom is -0.499 e. The van der Waals surface area contributed by atoms with Gasteiger partial charge in [-0.25, -0.2) is 9.79 Å². The van der Waals surface area contributed by atoms with Crippen molar-refractivity contribution in [2.45, 2.75) is 6.92 Å². The molecular weight excluding hydrogens is 242 g/mol. The van der Waals surface area contributed by atoms with Gasteiger partial charge < -0.3 is 9.47 Å². The van der Waals surface area contributed by atoms with Gasteiger partial charge in [-0.3, -0.25) is 0 Å². The van der Waals surface area contributed by atoms with Crippen molar-refractivity contribution < 1.29 is 14.3 Å². The van der Waals surface area contributed by atoms with Crippen LogP contribution >= 0.6 is 11.6 Å². The lowest BCUT2D eigenvalue weighted by Crippen LogP contribution is -2.05. The van der Waals surface area contributed by atoms with Crippen molar-refractivity contribution in [3.8, 4) is 0 Å². The van der Waals surface area contributed by atoms with Gasteiger partial charge in [0.25, 0.3) is 0 Å². The fourth-order valence-electron chi connectivity index (χ4n) is 1.30. The van der Waals surface area contributed by atoms with Gasteiger partial charge in [-0.15, -0.1) is 0 Å². The van der Waals surface area contributed by atoms with Crippen LogP contribution in [0.25, 0.3) is 0 Å². The molecule has 0 fully saturated rings. The number of hydrogen-bond acceptors (Lipinski definition) is 4. The van der Waals surface area contributed by atoms with Gasteiger partial charge >= 0.3 is 5.97 Å². The Hall–Kier alpha value is -1.81. The zero-order valence-electron chi connectivity index (χ0n) is 9.14. The molecule has 17 heavy (non-hydrogen) atoms. The first kappa shape index (κ1) is 11.7. The Labute approximate surface area is 104 Å². The van der Waals surface area contributed by atoms with Crippen LogP contribution in [0.4, 0.5) is 0 Å². The lowest BCUT2D eigenvalue weighted by atomic mass is 10.2. The third-order valence-corrected chi connectivity index (χ3v) is 2.42. The molecule has 1 aromatic carbocycles. The highest BCUT2D eigenvalue weighted by molar-refractivity contribution is 6.34. The molecule has 2 rings (SSSR count). The highest BCUT2D eigenvalue weighted by Gasteiger charge is 2.25. The maximum Gasteiger partial charge on any atom is 0.367 e. The molecule has 0 spiro atoms. The molecule has 1 aliphatic heterocycles. The van der Waals surface area contributed by atoms with Crippen molar-refractivity contribution in [2.24, 2.45) is 4.99 Å². The minimum absolute atomic E-state index is 0.141. The summed E-state index contributed by atoms with van der Waals surface area (Å²) in [6.07, 6.45) is 1.28. The Morgan fingerprint density at radius 1 is 1.47 bits per heavy atom. The number of nitrogens with zero attached hydrogens (tertiary/aromatic N) is 1. The third kappa shape index (κ3) is 2.47. The number of aliphatic imine (C=N–C) groups is 1. The third-order valence-electron chi connectivity index (χ3n) is 2.09. The fourth-order valence-corrected chi connectivity index (χ4v) is 1.52. The standard InChI is InChI=1S/C12H10ClNO3/c1-2-16-7-10-12(15)17-11(14-10)8-5-3-4-6-9(8)13/h3-7H,2H2,1H3. The number of halogens is 1. The van der Waals surface area contributed by atoms with Crippen molar-refractivity contribution in [1.82, 2.24) is 0 Å². The van der Waals surface area contributed by atoms with Gasteiger partial charge in [-0.2, -0.15) is 0 Å². The number of cyclic esters (lactones) is 1. The fraction of sp³-hybridized carbons (Fsp3) is 0.167. The molecule has 1 aromatic rings. The average Bonchev–Trinajstić information content (AvgIpc) is 2.68. The van der Waals surface area contributed by atoms with E-state index in [-0.39, 0.29) is 11.6 Å². The number of hydrogen-bond donors (Lipinski definition) is 0. The zero-order valence-corrected chi connectivity index (χ0v) is 9.90. The Balaban J connectivity index is 2.30. The van der Waals surface area contributed by atoms with E-state index in [0.29, 0.717) is 17.2 Å². The van der Waals surface area contributed by atoms with Crippen LogP contribution in [-0.4, -0.2) is 18.5 Å². The summed E-state index contributed by atoms with van der Waals surface area (Å²) in [6, 6.07) is 7.03. The van der Waals surface area contributed by atoms with E-state index in [1.807, 2.05) is 6.92 Å². The van der Waals surface area contributed by atoms with Crippen molar-refractivity contribution in [3.63, 3.8) is 0 Å². The Kier molecular flexibility index (Phi) is 3.44. The lowest BCUT2D eigenvalue weighted by Gasteiger charge is -2.00. The van der Waals surface area contributed by atoms with Crippen LogP contribution in [0.1, 0.15) is 12.5 Å². The van der Waals surface area contributed by atoms with E-state index < -0.39 is 5.97 Å². The molecule has 0 unspecified atom stereocenters. The summed E-state index contributed by atoms with van der Waals surface area (Å²) < 4.78 is 10.0. The molecule has 1 heterocycles. The molecule has 1 aliphatic rings. The van der Waals surface area contributed by atoms with Crippen molar-refractivity contribution in [2.75, 3.05) is 6.61 Å². The average molecular weight is 252 g/mol. The van der Waals surface area contributed by atoms with Crippen molar-refractivity contribution in [3.05, 3.63) is 46.8 Å². The molecule has 88 valence electrons. The van der Waals surface area contributed by atoms with Gasteiger partial charge in [0.2, 0.25) is 5.90 Å². The van der Waals surface area contributed by atoms with E-state index in [0.717, 1.165) is 0 Å². The molecule has 0 aromatic heterocycles. The van der Waals surface area contributed by atoms with Crippen LogP contribution in [0.5, 0.6) is 0 Å². The summed E-state index contributed by atoms with van der Waals surface area (Å²) >= 11 is 5.98. The molecule has 0 atom stereocenters. The van der Waals surface area contributed by atoms with Crippen LogP contribution in [0, 0.1) is 0 Å². The van der Waals surface area contributed by atoms with E-state index in [4.69, 9.17) is 21.1 Å². The Bertz CT molecular complexity index is 508. The zero-order chi connectivity index (χ0) is 12.3. The van der Waals surface area contributed by atoms with Gasteiger partial charge in [0.15, 0.2) is 5.70 Å². The molecular formula is C12H10ClNO3. The molecule has 0 radical (unpaired) electrons. The van der Waals surface area contributed by atoms with Crippen LogP contribution in [0.3, 0.4) is 0 Å². The molecule has 0 saturated heterocycles. The van der Waals surface area contributed by atoms with Gasteiger partial charge in [0.05, 0.1) is 17.2 Å². The molecule has 0 bridgehead atoms. The van der Waals surface area contributed by atoms with Crippen LogP contribution in [-0.2, 0) is 14.3 Å².